The van der Waals surface area contributed by atoms with E-state index in [0.29, 0.717) is 18.2 Å². The summed E-state index contributed by atoms with van der Waals surface area (Å²) in [7, 11) is 0. The first kappa shape index (κ1) is 16.1. The highest BCUT2D eigenvalue weighted by atomic mass is 79.9. The van der Waals surface area contributed by atoms with Crippen molar-refractivity contribution in [2.45, 2.75) is 6.54 Å². The summed E-state index contributed by atoms with van der Waals surface area (Å²) in [6.45, 7) is 0.553. The van der Waals surface area contributed by atoms with Gasteiger partial charge in [-0.1, -0.05) is 12.1 Å². The second kappa shape index (κ2) is 7.65. The van der Waals surface area contributed by atoms with Crippen molar-refractivity contribution in [1.82, 2.24) is 15.0 Å². The van der Waals surface area contributed by atoms with Crippen molar-refractivity contribution >= 4 is 33.5 Å². The zero-order valence-electron chi connectivity index (χ0n) is 12.6. The Labute approximate surface area is 147 Å². The molecule has 0 aliphatic heterocycles. The molecule has 0 spiro atoms. The number of anilines is 2. The van der Waals surface area contributed by atoms with E-state index in [1.807, 2.05) is 36.4 Å². The summed E-state index contributed by atoms with van der Waals surface area (Å²) in [5, 5.41) is 5.91. The molecule has 1 aromatic carbocycles. The molecule has 120 valence electrons. The summed E-state index contributed by atoms with van der Waals surface area (Å²) in [6.07, 6.45) is 5.00. The predicted molar refractivity (Wildman–Crippen MR) is 95.7 cm³/mol. The Bertz CT molecular complexity index is 841. The van der Waals surface area contributed by atoms with Crippen molar-refractivity contribution in [3.8, 4) is 0 Å². The van der Waals surface area contributed by atoms with Crippen molar-refractivity contribution < 1.29 is 4.79 Å². The molecule has 2 heterocycles. The van der Waals surface area contributed by atoms with Crippen molar-refractivity contribution in [2.24, 2.45) is 0 Å². The molecule has 0 fully saturated rings. The van der Waals surface area contributed by atoms with Crippen molar-refractivity contribution in [3.05, 3.63) is 76.8 Å². The Hall–Kier alpha value is -2.80. The maximum atomic E-state index is 12.3. The Kier molecular flexibility index (Phi) is 5.12. The highest BCUT2D eigenvalue weighted by Crippen LogP contribution is 2.21. The molecule has 0 unspecified atom stereocenters. The Morgan fingerprint density at radius 1 is 1.04 bits per heavy atom. The van der Waals surface area contributed by atoms with Gasteiger partial charge >= 0.3 is 0 Å². The molecule has 3 rings (SSSR count). The van der Waals surface area contributed by atoms with Crippen LogP contribution in [0.4, 0.5) is 11.6 Å². The molecular weight excluding hydrogens is 370 g/mol. The summed E-state index contributed by atoms with van der Waals surface area (Å²) >= 11 is 3.40. The molecule has 2 N–H and O–H groups in total. The number of hydrogen-bond donors (Lipinski definition) is 2. The standard InChI is InChI=1S/C17H14BrN5O/c18-13-3-1-2-4-14(13)22-16(24)15-7-10-20-17(23-15)21-11-12-5-8-19-9-6-12/h1-10H,11H2,(H,22,24)(H,20,21,23). The van der Waals surface area contributed by atoms with E-state index in [4.69, 9.17) is 0 Å². The normalized spacial score (nSPS) is 10.2. The van der Waals surface area contributed by atoms with E-state index in [2.05, 4.69) is 41.5 Å². The smallest absolute Gasteiger partial charge is 0.274 e. The number of nitrogens with one attached hydrogen (secondary N) is 2. The van der Waals surface area contributed by atoms with Gasteiger partial charge in [-0.05, 0) is 51.8 Å². The van der Waals surface area contributed by atoms with Crippen LogP contribution in [0.5, 0.6) is 0 Å². The van der Waals surface area contributed by atoms with Crippen LogP contribution in [0.15, 0.2) is 65.5 Å². The Balaban J connectivity index is 1.68. The molecule has 7 heteroatoms. The van der Waals surface area contributed by atoms with E-state index < -0.39 is 0 Å². The fourth-order valence-electron chi connectivity index (χ4n) is 2.00. The number of hydrogen-bond acceptors (Lipinski definition) is 5. The quantitative estimate of drug-likeness (QED) is 0.704. The van der Waals surface area contributed by atoms with Crippen LogP contribution >= 0.6 is 15.9 Å². The van der Waals surface area contributed by atoms with Crippen LogP contribution in [0.25, 0.3) is 0 Å². The van der Waals surface area contributed by atoms with Gasteiger partial charge in [-0.15, -0.1) is 0 Å². The molecule has 0 radical (unpaired) electrons. The molecule has 0 atom stereocenters. The van der Waals surface area contributed by atoms with Gasteiger partial charge in [0.05, 0.1) is 5.69 Å². The molecule has 0 aliphatic rings. The van der Waals surface area contributed by atoms with Crippen molar-refractivity contribution in [2.75, 3.05) is 10.6 Å². The van der Waals surface area contributed by atoms with Crippen LogP contribution in [0.3, 0.4) is 0 Å². The first-order chi connectivity index (χ1) is 11.7. The lowest BCUT2D eigenvalue weighted by atomic mass is 10.3. The summed E-state index contributed by atoms with van der Waals surface area (Å²) < 4.78 is 0.809. The molecule has 6 nitrogen and oxygen atoms in total. The third-order valence-electron chi connectivity index (χ3n) is 3.21. The summed E-state index contributed by atoms with van der Waals surface area (Å²) in [6, 6.07) is 12.8. The summed E-state index contributed by atoms with van der Waals surface area (Å²) in [5.41, 5.74) is 2.03. The lowest BCUT2D eigenvalue weighted by Gasteiger charge is -2.08. The van der Waals surface area contributed by atoms with E-state index in [-0.39, 0.29) is 11.6 Å². The number of nitrogens with zero attached hydrogens (tertiary/aromatic N) is 3. The van der Waals surface area contributed by atoms with Crippen molar-refractivity contribution in [1.29, 1.82) is 0 Å². The highest BCUT2D eigenvalue weighted by molar-refractivity contribution is 9.10. The average Bonchev–Trinajstić information content (AvgIpc) is 2.63. The van der Waals surface area contributed by atoms with Crippen LogP contribution in [0.1, 0.15) is 16.1 Å². The number of halogens is 1. The minimum atomic E-state index is -0.295. The van der Waals surface area contributed by atoms with Gasteiger partial charge in [0.15, 0.2) is 0 Å². The van der Waals surface area contributed by atoms with Gasteiger partial charge in [0.2, 0.25) is 5.95 Å². The van der Waals surface area contributed by atoms with E-state index >= 15 is 0 Å². The van der Waals surface area contributed by atoms with Crippen LogP contribution in [0.2, 0.25) is 0 Å². The molecule has 0 saturated heterocycles. The molecule has 1 amide bonds. The number of carbonyl (C=O) groups is 1. The number of benzene rings is 1. The minimum absolute atomic E-state index is 0.290. The summed E-state index contributed by atoms with van der Waals surface area (Å²) in [4.78, 5) is 24.7. The van der Waals surface area contributed by atoms with Crippen LogP contribution < -0.4 is 10.6 Å². The maximum absolute atomic E-state index is 12.3. The van der Waals surface area contributed by atoms with Gasteiger partial charge in [0.1, 0.15) is 5.69 Å². The average molecular weight is 384 g/mol. The first-order valence-electron chi connectivity index (χ1n) is 7.24. The van der Waals surface area contributed by atoms with Crippen molar-refractivity contribution in [3.63, 3.8) is 0 Å². The van der Waals surface area contributed by atoms with Gasteiger partial charge in [0, 0.05) is 29.6 Å². The molecule has 0 bridgehead atoms. The van der Waals surface area contributed by atoms with E-state index in [1.54, 1.807) is 24.7 Å². The fraction of sp³-hybridized carbons (Fsp3) is 0.0588. The van der Waals surface area contributed by atoms with E-state index in [9.17, 15) is 4.79 Å². The lowest BCUT2D eigenvalue weighted by molar-refractivity contribution is 0.102. The molecule has 0 aliphatic carbocycles. The minimum Gasteiger partial charge on any atom is -0.350 e. The van der Waals surface area contributed by atoms with Crippen LogP contribution in [0, 0.1) is 0 Å². The molecule has 3 aromatic rings. The zero-order chi connectivity index (χ0) is 16.8. The molecule has 0 saturated carbocycles. The van der Waals surface area contributed by atoms with E-state index in [0.717, 1.165) is 10.0 Å². The number of para-hydroxylation sites is 1. The predicted octanol–water partition coefficient (Wildman–Crippen LogP) is 3.50. The third kappa shape index (κ3) is 4.14. The number of rotatable bonds is 5. The third-order valence-corrected chi connectivity index (χ3v) is 3.90. The van der Waals surface area contributed by atoms with E-state index in [1.165, 1.54) is 0 Å². The molecule has 24 heavy (non-hydrogen) atoms. The van der Waals surface area contributed by atoms with Crippen LogP contribution in [-0.4, -0.2) is 20.9 Å². The van der Waals surface area contributed by atoms with Gasteiger partial charge in [-0.25, -0.2) is 9.97 Å². The Morgan fingerprint density at radius 3 is 2.62 bits per heavy atom. The fourth-order valence-corrected chi connectivity index (χ4v) is 2.38. The SMILES string of the molecule is O=C(Nc1ccccc1Br)c1ccnc(NCc2ccncc2)n1. The number of amides is 1. The van der Waals surface area contributed by atoms with Gasteiger partial charge in [-0.2, -0.15) is 0 Å². The highest BCUT2D eigenvalue weighted by Gasteiger charge is 2.10. The zero-order valence-corrected chi connectivity index (χ0v) is 14.2. The number of pyridine rings is 1. The maximum Gasteiger partial charge on any atom is 0.274 e. The second-order valence-electron chi connectivity index (χ2n) is 4.91. The first-order valence-corrected chi connectivity index (χ1v) is 8.03. The molecular formula is C17H14BrN5O. The van der Waals surface area contributed by atoms with Gasteiger partial charge in [-0.3, -0.25) is 9.78 Å². The lowest BCUT2D eigenvalue weighted by Crippen LogP contribution is -2.15. The Morgan fingerprint density at radius 2 is 1.83 bits per heavy atom. The van der Waals surface area contributed by atoms with Gasteiger partial charge < -0.3 is 10.6 Å². The van der Waals surface area contributed by atoms with Gasteiger partial charge in [0.25, 0.3) is 5.91 Å². The van der Waals surface area contributed by atoms with Crippen LogP contribution in [-0.2, 0) is 6.54 Å². The number of carbonyl (C=O) groups excluding carboxylic acids is 1. The molecule has 2 aromatic heterocycles. The monoisotopic (exact) mass is 383 g/mol. The summed E-state index contributed by atoms with van der Waals surface area (Å²) in [5.74, 6) is 0.0999. The topological polar surface area (TPSA) is 79.8 Å². The largest absolute Gasteiger partial charge is 0.350 e. The second-order valence-corrected chi connectivity index (χ2v) is 5.76. The number of aromatic nitrogens is 3.